The minimum absolute atomic E-state index is 0.0134. The molecule has 102 valence electrons. The zero-order valence-electron chi connectivity index (χ0n) is 10.8. The van der Waals surface area contributed by atoms with Crippen molar-refractivity contribution in [2.24, 2.45) is 0 Å². The van der Waals surface area contributed by atoms with Gasteiger partial charge in [0.25, 0.3) is 0 Å². The predicted octanol–water partition coefficient (Wildman–Crippen LogP) is 6.48. The average molecular weight is 376 g/mol. The van der Waals surface area contributed by atoms with Crippen molar-refractivity contribution < 1.29 is 0 Å². The number of halogens is 2. The molecular formula is C15H16BrClS2. The zero-order chi connectivity index (χ0) is 13.4. The van der Waals surface area contributed by atoms with Crippen molar-refractivity contribution in [3.63, 3.8) is 0 Å². The van der Waals surface area contributed by atoms with Gasteiger partial charge < -0.3 is 0 Å². The maximum absolute atomic E-state index is 6.71. The van der Waals surface area contributed by atoms with Crippen LogP contribution in [0.15, 0.2) is 15.9 Å². The number of alkyl halides is 1. The summed E-state index contributed by atoms with van der Waals surface area (Å²) in [6.45, 7) is 2.15. The van der Waals surface area contributed by atoms with E-state index >= 15 is 0 Å². The van der Waals surface area contributed by atoms with Crippen LogP contribution in [0.4, 0.5) is 0 Å². The van der Waals surface area contributed by atoms with Gasteiger partial charge in [-0.25, -0.2) is 0 Å². The third-order valence-corrected chi connectivity index (χ3v) is 7.19. The van der Waals surface area contributed by atoms with E-state index < -0.39 is 0 Å². The summed E-state index contributed by atoms with van der Waals surface area (Å²) in [6.07, 6.45) is 6.53. The predicted molar refractivity (Wildman–Crippen MR) is 90.0 cm³/mol. The molecule has 1 aliphatic rings. The molecule has 4 heteroatoms. The Labute approximate surface area is 135 Å². The van der Waals surface area contributed by atoms with Crippen LogP contribution in [-0.4, -0.2) is 0 Å². The first-order chi connectivity index (χ1) is 9.15. The van der Waals surface area contributed by atoms with Crippen LogP contribution in [0.2, 0.25) is 0 Å². The number of hydrogen-bond donors (Lipinski definition) is 0. The molecule has 0 bridgehead atoms. The van der Waals surface area contributed by atoms with Crippen LogP contribution < -0.4 is 0 Å². The van der Waals surface area contributed by atoms with E-state index in [-0.39, 0.29) is 5.38 Å². The van der Waals surface area contributed by atoms with Crippen LogP contribution in [0.5, 0.6) is 0 Å². The van der Waals surface area contributed by atoms with Crippen LogP contribution in [0, 0.1) is 6.92 Å². The third-order valence-electron chi connectivity index (χ3n) is 3.71. The van der Waals surface area contributed by atoms with Crippen LogP contribution >= 0.6 is 50.2 Å². The lowest BCUT2D eigenvalue weighted by Gasteiger charge is -2.06. The maximum atomic E-state index is 6.71. The van der Waals surface area contributed by atoms with E-state index in [2.05, 4.69) is 35.0 Å². The molecule has 19 heavy (non-hydrogen) atoms. The van der Waals surface area contributed by atoms with Crippen molar-refractivity contribution in [2.75, 3.05) is 0 Å². The normalized spacial score (nSPS) is 17.0. The monoisotopic (exact) mass is 374 g/mol. The standard InChI is InChI=1S/C15H16BrClS2/c1-9-11(8-14(16)18-9)15(17)13-7-10-5-3-2-4-6-12(10)19-13/h7-8,15H,2-6H2,1H3. The summed E-state index contributed by atoms with van der Waals surface area (Å²) in [4.78, 5) is 4.21. The minimum Gasteiger partial charge on any atom is -0.143 e. The summed E-state index contributed by atoms with van der Waals surface area (Å²) in [5, 5.41) is 0.0134. The summed E-state index contributed by atoms with van der Waals surface area (Å²) in [5.41, 5.74) is 2.81. The van der Waals surface area contributed by atoms with Crippen LogP contribution in [0.25, 0.3) is 0 Å². The Bertz CT molecular complexity index is 561. The van der Waals surface area contributed by atoms with Gasteiger partial charge in [-0.15, -0.1) is 34.3 Å². The van der Waals surface area contributed by atoms with Crippen molar-refractivity contribution in [3.8, 4) is 0 Å². The van der Waals surface area contributed by atoms with Gasteiger partial charge in [-0.3, -0.25) is 0 Å². The summed E-state index contributed by atoms with van der Waals surface area (Å²) < 4.78 is 1.17. The third kappa shape index (κ3) is 2.94. The molecule has 1 atom stereocenters. The Balaban J connectivity index is 1.92. The Morgan fingerprint density at radius 2 is 1.95 bits per heavy atom. The van der Waals surface area contributed by atoms with Gasteiger partial charge in [0.1, 0.15) is 0 Å². The molecule has 0 radical (unpaired) electrons. The lowest BCUT2D eigenvalue weighted by atomic mass is 10.1. The molecule has 0 spiro atoms. The lowest BCUT2D eigenvalue weighted by molar-refractivity contribution is 0.712. The highest BCUT2D eigenvalue weighted by atomic mass is 79.9. The fourth-order valence-corrected chi connectivity index (χ4v) is 6.17. The lowest BCUT2D eigenvalue weighted by Crippen LogP contribution is -1.89. The van der Waals surface area contributed by atoms with Crippen molar-refractivity contribution in [2.45, 2.75) is 44.4 Å². The number of fused-ring (bicyclic) bond motifs is 1. The Kier molecular flexibility index (Phi) is 4.37. The van der Waals surface area contributed by atoms with Crippen molar-refractivity contribution in [1.29, 1.82) is 0 Å². The fraction of sp³-hybridized carbons (Fsp3) is 0.467. The van der Waals surface area contributed by atoms with Gasteiger partial charge in [0.05, 0.1) is 9.16 Å². The molecule has 0 amide bonds. The smallest absolute Gasteiger partial charge is 0.0938 e. The summed E-state index contributed by atoms with van der Waals surface area (Å²) in [6, 6.07) is 4.52. The molecule has 0 aliphatic heterocycles. The van der Waals surface area contributed by atoms with Crippen molar-refractivity contribution in [3.05, 3.63) is 41.7 Å². The van der Waals surface area contributed by atoms with Gasteiger partial charge in [0, 0.05) is 14.6 Å². The molecular weight excluding hydrogens is 360 g/mol. The fourth-order valence-electron chi connectivity index (χ4n) is 2.68. The topological polar surface area (TPSA) is 0 Å². The summed E-state index contributed by atoms with van der Waals surface area (Å²) >= 11 is 14.0. The first kappa shape index (κ1) is 14.1. The first-order valence-corrected chi connectivity index (χ1v) is 9.53. The van der Waals surface area contributed by atoms with Gasteiger partial charge in [-0.2, -0.15) is 0 Å². The second-order valence-electron chi connectivity index (χ2n) is 5.08. The largest absolute Gasteiger partial charge is 0.143 e. The number of hydrogen-bond acceptors (Lipinski definition) is 2. The van der Waals surface area contributed by atoms with Crippen LogP contribution in [0.3, 0.4) is 0 Å². The van der Waals surface area contributed by atoms with Gasteiger partial charge >= 0.3 is 0 Å². The van der Waals surface area contributed by atoms with E-state index in [1.165, 1.54) is 51.2 Å². The average Bonchev–Trinajstić information content (AvgIpc) is 2.85. The Morgan fingerprint density at radius 1 is 1.16 bits per heavy atom. The van der Waals surface area contributed by atoms with Crippen LogP contribution in [0.1, 0.15) is 50.4 Å². The zero-order valence-corrected chi connectivity index (χ0v) is 14.8. The molecule has 0 aromatic carbocycles. The highest BCUT2D eigenvalue weighted by Gasteiger charge is 2.20. The van der Waals surface area contributed by atoms with Crippen LogP contribution in [-0.2, 0) is 12.8 Å². The molecule has 1 aliphatic carbocycles. The van der Waals surface area contributed by atoms with Gasteiger partial charge in [-0.1, -0.05) is 6.42 Å². The van der Waals surface area contributed by atoms with Crippen molar-refractivity contribution >= 4 is 50.2 Å². The highest BCUT2D eigenvalue weighted by molar-refractivity contribution is 9.11. The van der Waals surface area contributed by atoms with E-state index in [1.54, 1.807) is 21.8 Å². The first-order valence-electron chi connectivity index (χ1n) is 6.66. The molecule has 2 heterocycles. The quantitative estimate of drug-likeness (QED) is 0.416. The summed E-state index contributed by atoms with van der Waals surface area (Å²) in [7, 11) is 0. The van der Waals surface area contributed by atoms with E-state index in [1.807, 2.05) is 11.3 Å². The molecule has 3 rings (SSSR count). The minimum atomic E-state index is 0.0134. The van der Waals surface area contributed by atoms with E-state index in [0.717, 1.165) is 0 Å². The number of thiophene rings is 2. The molecule has 2 aromatic heterocycles. The van der Waals surface area contributed by atoms with Crippen molar-refractivity contribution in [1.82, 2.24) is 0 Å². The van der Waals surface area contributed by atoms with Gasteiger partial charge in [0.2, 0.25) is 0 Å². The molecule has 2 aromatic rings. The molecule has 1 unspecified atom stereocenters. The second-order valence-corrected chi connectivity index (χ2v) is 9.32. The SMILES string of the molecule is Cc1sc(Br)cc1C(Cl)c1cc2c(s1)CCCCC2. The summed E-state index contributed by atoms with van der Waals surface area (Å²) in [5.74, 6) is 0. The number of rotatable bonds is 2. The molecule has 0 saturated carbocycles. The Morgan fingerprint density at radius 3 is 2.68 bits per heavy atom. The van der Waals surface area contributed by atoms with Gasteiger partial charge in [-0.05, 0) is 71.8 Å². The molecule has 0 saturated heterocycles. The maximum Gasteiger partial charge on any atom is 0.0938 e. The van der Waals surface area contributed by atoms with E-state index in [4.69, 9.17) is 11.6 Å². The highest BCUT2D eigenvalue weighted by Crippen LogP contribution is 2.41. The van der Waals surface area contributed by atoms with E-state index in [9.17, 15) is 0 Å². The Hall–Kier alpha value is 0.170. The number of aryl methyl sites for hydroxylation is 3. The molecule has 0 N–H and O–H groups in total. The van der Waals surface area contributed by atoms with E-state index in [0.29, 0.717) is 0 Å². The molecule has 0 fully saturated rings. The van der Waals surface area contributed by atoms with Gasteiger partial charge in [0.15, 0.2) is 0 Å². The molecule has 0 nitrogen and oxygen atoms in total. The second kappa shape index (κ2) is 5.88.